The summed E-state index contributed by atoms with van der Waals surface area (Å²) in [5.74, 6) is 0.644. The highest BCUT2D eigenvalue weighted by Gasteiger charge is 2.26. The number of hydrogen-bond acceptors (Lipinski definition) is 3. The minimum atomic E-state index is -0.558. The van der Waals surface area contributed by atoms with Crippen molar-refractivity contribution in [3.63, 3.8) is 0 Å². The summed E-state index contributed by atoms with van der Waals surface area (Å²) in [6.07, 6.45) is 3.56. The number of aliphatic hydroxyl groups is 1. The minimum Gasteiger partial charge on any atom is -0.478 e. The lowest BCUT2D eigenvalue weighted by molar-refractivity contribution is 0.214. The zero-order valence-corrected chi connectivity index (χ0v) is 10.8. The molecule has 2 rings (SSSR count). The molecule has 1 aromatic rings. The monoisotopic (exact) mass is 245 g/mol. The third kappa shape index (κ3) is 3.70. The Morgan fingerprint density at radius 3 is 2.72 bits per heavy atom. The second kappa shape index (κ2) is 5.36. The fourth-order valence-electron chi connectivity index (χ4n) is 1.80. The van der Waals surface area contributed by atoms with Gasteiger partial charge in [-0.1, -0.05) is 42.5 Å². The molecule has 1 atom stereocenters. The molecule has 0 spiro atoms. The maximum atomic E-state index is 9.89. The van der Waals surface area contributed by atoms with Gasteiger partial charge in [-0.25, -0.2) is 4.99 Å². The number of nitrogens with zero attached hydrogens (tertiary/aromatic N) is 1. The quantitative estimate of drug-likeness (QED) is 0.886. The van der Waals surface area contributed by atoms with Gasteiger partial charge in [0, 0.05) is 0 Å². The summed E-state index contributed by atoms with van der Waals surface area (Å²) in [6.45, 7) is 4.63. The van der Waals surface area contributed by atoms with Crippen LogP contribution >= 0.6 is 0 Å². The number of benzene rings is 1. The van der Waals surface area contributed by atoms with Gasteiger partial charge >= 0.3 is 0 Å². The van der Waals surface area contributed by atoms with Crippen LogP contribution in [-0.2, 0) is 4.74 Å². The number of aliphatic hydroxyl groups excluding tert-OH is 1. The fourth-order valence-corrected chi connectivity index (χ4v) is 1.80. The number of ether oxygens (including phenoxy) is 1. The summed E-state index contributed by atoms with van der Waals surface area (Å²) in [6, 6.07) is 9.90. The Hall–Kier alpha value is -1.61. The highest BCUT2D eigenvalue weighted by Crippen LogP contribution is 2.19. The van der Waals surface area contributed by atoms with Gasteiger partial charge in [-0.05, 0) is 19.4 Å². The van der Waals surface area contributed by atoms with Crippen molar-refractivity contribution < 1.29 is 9.84 Å². The first-order valence-electron chi connectivity index (χ1n) is 6.18. The van der Waals surface area contributed by atoms with Gasteiger partial charge in [0.25, 0.3) is 0 Å². The Labute approximate surface area is 108 Å². The topological polar surface area (TPSA) is 41.8 Å². The zero-order valence-electron chi connectivity index (χ0n) is 10.8. The fraction of sp³-hybridized carbons (Fsp3) is 0.400. The van der Waals surface area contributed by atoms with Crippen molar-refractivity contribution in [1.82, 2.24) is 0 Å². The van der Waals surface area contributed by atoms with Crippen LogP contribution in [0.5, 0.6) is 0 Å². The largest absolute Gasteiger partial charge is 0.478 e. The van der Waals surface area contributed by atoms with Gasteiger partial charge in [0.05, 0.1) is 18.1 Å². The summed E-state index contributed by atoms with van der Waals surface area (Å²) in [5.41, 5.74) is 0.921. The molecule has 0 radical (unpaired) electrons. The molecule has 0 aromatic heterocycles. The molecule has 0 saturated carbocycles. The lowest BCUT2D eigenvalue weighted by Gasteiger charge is -2.07. The van der Waals surface area contributed by atoms with Crippen LogP contribution in [0, 0.1) is 0 Å². The second-order valence-electron chi connectivity index (χ2n) is 5.15. The van der Waals surface area contributed by atoms with Crippen molar-refractivity contribution >= 4 is 12.0 Å². The lowest BCUT2D eigenvalue weighted by Crippen LogP contribution is -2.17. The van der Waals surface area contributed by atoms with E-state index in [0.29, 0.717) is 18.9 Å². The lowest BCUT2D eigenvalue weighted by atomic mass is 10.1. The molecule has 96 valence electrons. The maximum absolute atomic E-state index is 9.89. The average Bonchev–Trinajstić information content (AvgIpc) is 2.67. The molecule has 1 aliphatic rings. The average molecular weight is 245 g/mol. The van der Waals surface area contributed by atoms with Crippen LogP contribution in [0.2, 0.25) is 0 Å². The van der Waals surface area contributed by atoms with Gasteiger partial charge in [-0.2, -0.15) is 0 Å². The smallest absolute Gasteiger partial charge is 0.186 e. The van der Waals surface area contributed by atoms with Crippen molar-refractivity contribution in [1.29, 1.82) is 0 Å². The van der Waals surface area contributed by atoms with E-state index in [0.717, 1.165) is 5.56 Å². The van der Waals surface area contributed by atoms with E-state index in [1.54, 1.807) is 6.08 Å². The van der Waals surface area contributed by atoms with Crippen LogP contribution in [0.25, 0.3) is 6.08 Å². The van der Waals surface area contributed by atoms with Gasteiger partial charge in [-0.15, -0.1) is 0 Å². The van der Waals surface area contributed by atoms with Crippen molar-refractivity contribution in [2.75, 3.05) is 6.61 Å². The van der Waals surface area contributed by atoms with Crippen LogP contribution < -0.4 is 0 Å². The first kappa shape index (κ1) is 12.8. The number of rotatable bonds is 4. The predicted octanol–water partition coefficient (Wildman–Crippen LogP) is 2.66. The standard InChI is InChI=1S/C15H19NO2/c1-15(2)11-18-14(16-15)10-13(17)9-8-12-6-4-3-5-7-12/h3-9,13,17H,10-11H2,1-2H3/b9-8+/t13-/m1/s1. The van der Waals surface area contributed by atoms with E-state index in [9.17, 15) is 5.11 Å². The maximum Gasteiger partial charge on any atom is 0.186 e. The molecule has 0 amide bonds. The number of aliphatic imine (C=N–C) groups is 1. The second-order valence-corrected chi connectivity index (χ2v) is 5.15. The molecule has 1 aliphatic heterocycles. The van der Waals surface area contributed by atoms with Gasteiger partial charge < -0.3 is 9.84 Å². The summed E-state index contributed by atoms with van der Waals surface area (Å²) < 4.78 is 5.45. The summed E-state index contributed by atoms with van der Waals surface area (Å²) in [4.78, 5) is 4.42. The normalized spacial score (nSPS) is 19.6. The Kier molecular flexibility index (Phi) is 3.82. The Balaban J connectivity index is 1.90. The number of hydrogen-bond donors (Lipinski definition) is 1. The van der Waals surface area contributed by atoms with Crippen molar-refractivity contribution in [2.45, 2.75) is 31.9 Å². The third-order valence-electron chi connectivity index (χ3n) is 2.71. The SMILES string of the molecule is CC1(C)COC(C[C@H](O)/C=C/c2ccccc2)=N1. The van der Waals surface area contributed by atoms with Crippen molar-refractivity contribution in [3.8, 4) is 0 Å². The Morgan fingerprint density at radius 1 is 1.39 bits per heavy atom. The van der Waals surface area contributed by atoms with E-state index in [1.807, 2.05) is 50.3 Å². The van der Waals surface area contributed by atoms with E-state index in [1.165, 1.54) is 0 Å². The van der Waals surface area contributed by atoms with E-state index < -0.39 is 6.10 Å². The predicted molar refractivity (Wildman–Crippen MR) is 73.6 cm³/mol. The van der Waals surface area contributed by atoms with E-state index in [4.69, 9.17) is 4.74 Å². The molecule has 3 nitrogen and oxygen atoms in total. The van der Waals surface area contributed by atoms with Crippen LogP contribution in [0.3, 0.4) is 0 Å². The van der Waals surface area contributed by atoms with Crippen molar-refractivity contribution in [3.05, 3.63) is 42.0 Å². The minimum absolute atomic E-state index is 0.155. The molecule has 1 heterocycles. The van der Waals surface area contributed by atoms with E-state index in [2.05, 4.69) is 4.99 Å². The van der Waals surface area contributed by atoms with Crippen molar-refractivity contribution in [2.24, 2.45) is 4.99 Å². The molecule has 0 bridgehead atoms. The molecule has 0 unspecified atom stereocenters. The summed E-state index contributed by atoms with van der Waals surface area (Å²) in [5, 5.41) is 9.89. The molecule has 0 aliphatic carbocycles. The summed E-state index contributed by atoms with van der Waals surface area (Å²) in [7, 11) is 0. The Morgan fingerprint density at radius 2 is 2.11 bits per heavy atom. The molecule has 3 heteroatoms. The first-order valence-corrected chi connectivity index (χ1v) is 6.18. The van der Waals surface area contributed by atoms with Crippen LogP contribution in [-0.4, -0.2) is 29.3 Å². The summed E-state index contributed by atoms with van der Waals surface area (Å²) >= 11 is 0. The zero-order chi connectivity index (χ0) is 13.0. The van der Waals surface area contributed by atoms with Gasteiger partial charge in [0.1, 0.15) is 6.61 Å². The van der Waals surface area contributed by atoms with Gasteiger partial charge in [-0.3, -0.25) is 0 Å². The van der Waals surface area contributed by atoms with Crippen LogP contribution in [0.15, 0.2) is 41.4 Å². The molecular weight excluding hydrogens is 226 g/mol. The molecule has 0 saturated heterocycles. The first-order chi connectivity index (χ1) is 8.55. The van der Waals surface area contributed by atoms with Crippen LogP contribution in [0.1, 0.15) is 25.8 Å². The van der Waals surface area contributed by atoms with Gasteiger partial charge in [0.15, 0.2) is 5.90 Å². The van der Waals surface area contributed by atoms with E-state index >= 15 is 0 Å². The molecular formula is C15H19NO2. The molecule has 1 aromatic carbocycles. The highest BCUT2D eigenvalue weighted by molar-refractivity contribution is 5.79. The van der Waals surface area contributed by atoms with Crippen LogP contribution in [0.4, 0.5) is 0 Å². The molecule has 1 N–H and O–H groups in total. The molecule has 18 heavy (non-hydrogen) atoms. The van der Waals surface area contributed by atoms with E-state index in [-0.39, 0.29) is 5.54 Å². The highest BCUT2D eigenvalue weighted by atomic mass is 16.5. The molecule has 0 fully saturated rings. The van der Waals surface area contributed by atoms with Gasteiger partial charge in [0.2, 0.25) is 0 Å². The Bertz CT molecular complexity index is 449. The third-order valence-corrected chi connectivity index (χ3v) is 2.71.